The molecule has 29 nitrogen and oxygen atoms in total. The summed E-state index contributed by atoms with van der Waals surface area (Å²) in [6, 6.07) is 14.3. The first-order valence-electron chi connectivity index (χ1n) is 22.6. The molecule has 0 radical (unpaired) electrons. The third-order valence-electron chi connectivity index (χ3n) is 11.6. The molecule has 5 aromatic carbocycles. The van der Waals surface area contributed by atoms with Gasteiger partial charge in [0, 0.05) is 40.1 Å². The van der Waals surface area contributed by atoms with Crippen LogP contribution in [0.3, 0.4) is 0 Å². The average Bonchev–Trinajstić information content (AvgIpc) is 4.24. The number of thioether (sulfide) groups is 1. The SMILES string of the molecule is COc1cc(S(=O)(=O)O)c2nc3c(C#N)c(C)c(N=Nc4cc(C)c(N=Nc5cc(OC)c(N=Nc6nc7c(S(=O)(=O)O)cc8cc(S(=O)(=O)O)ccc8c7s6)cc5SCCCS(=O)(=O)O)cc4OCCCS(=O)(=O)O)c(O)n3c2c1. The van der Waals surface area contributed by atoms with Gasteiger partial charge in [-0.2, -0.15) is 52.5 Å². The van der Waals surface area contributed by atoms with Gasteiger partial charge in [0.15, 0.2) is 11.3 Å². The predicted octanol–water partition coefficient (Wildman–Crippen LogP) is 9.47. The molecule has 426 valence electrons. The van der Waals surface area contributed by atoms with E-state index in [2.05, 4.69) is 40.7 Å². The van der Waals surface area contributed by atoms with Crippen LogP contribution in [0.15, 0.2) is 111 Å². The van der Waals surface area contributed by atoms with E-state index < -0.39 is 82.7 Å². The normalized spacial score (nSPS) is 13.0. The highest BCUT2D eigenvalue weighted by Gasteiger charge is 2.27. The van der Waals surface area contributed by atoms with E-state index in [-0.39, 0.29) is 125 Å². The standard InChI is InChI=1S/C45H40N10O19S7/c1-22-13-30(50-53-39-23(2)28(21-46)43-47-40-33(55(43)44(39)56)16-25(72-3)17-38(40)81(69,70)71)35(74-9-5-11-77(57,58)59)18-29(22)49-52-32-19-34(73-4)31(20-36(32)75-10-6-12-78(60,61)62)51-54-45-48-41-37(80(66,67)68)15-24-14-26(79(63,64)65)7-8-27(24)42(41)76-45/h7-8,13-20,56H,5-6,9-12H2,1-4H3,(H,57,58,59)(H,60,61,62)(H,63,64,65)(H,66,67,68)(H,69,70,71). The van der Waals surface area contributed by atoms with E-state index in [1.54, 1.807) is 6.92 Å². The number of thiazole rings is 1. The van der Waals surface area contributed by atoms with Gasteiger partial charge < -0.3 is 19.3 Å². The Morgan fingerprint density at radius 3 is 1.95 bits per heavy atom. The van der Waals surface area contributed by atoms with Gasteiger partial charge in [-0.25, -0.2) is 9.97 Å². The van der Waals surface area contributed by atoms with Crippen LogP contribution in [0.4, 0.5) is 33.6 Å². The van der Waals surface area contributed by atoms with Crippen molar-refractivity contribution in [3.8, 4) is 29.2 Å². The molecule has 8 aromatic rings. The number of imidazole rings is 1. The first-order valence-corrected chi connectivity index (χ1v) is 32.0. The fraction of sp³-hybridized carbons (Fsp3) is 0.222. The molecule has 36 heteroatoms. The average molecular weight is 1250 g/mol. The summed E-state index contributed by atoms with van der Waals surface area (Å²) in [4.78, 5) is 6.92. The quantitative estimate of drug-likeness (QED) is 0.0169. The number of methoxy groups -OCH3 is 2. The van der Waals surface area contributed by atoms with Crippen molar-refractivity contribution < 1.29 is 84.2 Å². The van der Waals surface area contributed by atoms with E-state index in [4.69, 9.17) is 14.2 Å². The third kappa shape index (κ3) is 13.4. The van der Waals surface area contributed by atoms with E-state index in [9.17, 15) is 75.2 Å². The molecule has 0 unspecified atom stereocenters. The smallest absolute Gasteiger partial charge is 0.296 e. The van der Waals surface area contributed by atoms with Crippen molar-refractivity contribution in [2.24, 2.45) is 30.7 Å². The van der Waals surface area contributed by atoms with Gasteiger partial charge in [-0.1, -0.05) is 17.4 Å². The lowest BCUT2D eigenvalue weighted by Crippen LogP contribution is -2.08. The van der Waals surface area contributed by atoms with Crippen LogP contribution < -0.4 is 14.2 Å². The monoisotopic (exact) mass is 1250 g/mol. The van der Waals surface area contributed by atoms with E-state index >= 15 is 0 Å². The molecule has 0 spiro atoms. The number of aromatic hydroxyl groups is 1. The zero-order valence-electron chi connectivity index (χ0n) is 41.8. The second-order valence-corrected chi connectivity index (χ2v) is 26.5. The summed E-state index contributed by atoms with van der Waals surface area (Å²) >= 11 is 1.88. The first kappa shape index (κ1) is 59.7. The van der Waals surface area contributed by atoms with Crippen LogP contribution in [-0.2, 0) is 50.6 Å². The molecule has 3 aromatic heterocycles. The highest BCUT2D eigenvalue weighted by atomic mass is 32.2. The Hall–Kier alpha value is -7.41. The second-order valence-electron chi connectivity index (χ2n) is 17.1. The summed E-state index contributed by atoms with van der Waals surface area (Å²) < 4.78 is 186. The van der Waals surface area contributed by atoms with Crippen LogP contribution in [0, 0.1) is 25.2 Å². The van der Waals surface area contributed by atoms with E-state index in [0.717, 1.165) is 51.8 Å². The molecule has 0 bridgehead atoms. The first-order chi connectivity index (χ1) is 37.9. The molecule has 0 aliphatic heterocycles. The van der Waals surface area contributed by atoms with Crippen molar-refractivity contribution in [2.45, 2.75) is 46.3 Å². The van der Waals surface area contributed by atoms with Gasteiger partial charge in [-0.05, 0) is 73.7 Å². The van der Waals surface area contributed by atoms with Crippen LogP contribution in [-0.4, -0.2) is 122 Å². The van der Waals surface area contributed by atoms with Crippen molar-refractivity contribution in [3.63, 3.8) is 0 Å². The number of pyridine rings is 1. The number of aromatic nitrogens is 3. The van der Waals surface area contributed by atoms with Crippen LogP contribution in [0.5, 0.6) is 23.1 Å². The van der Waals surface area contributed by atoms with E-state index in [1.165, 1.54) is 57.5 Å². The Bertz CT molecular complexity index is 4660. The van der Waals surface area contributed by atoms with Gasteiger partial charge in [0.1, 0.15) is 66.8 Å². The van der Waals surface area contributed by atoms with Crippen molar-refractivity contribution in [1.29, 1.82) is 5.26 Å². The number of hydrogen-bond donors (Lipinski definition) is 6. The maximum atomic E-state index is 12.5. The molecule has 0 aliphatic carbocycles. The number of hydrogen-bond acceptors (Lipinski definition) is 25. The summed E-state index contributed by atoms with van der Waals surface area (Å²) in [7, 11) is -20.8. The highest BCUT2D eigenvalue weighted by molar-refractivity contribution is 7.99. The molecular weight excluding hydrogens is 1210 g/mol. The number of nitrogens with zero attached hydrogens (tertiary/aromatic N) is 10. The Labute approximate surface area is 467 Å². The minimum Gasteiger partial charge on any atom is -0.497 e. The third-order valence-corrected chi connectivity index (χ3v) is 17.9. The minimum atomic E-state index is -4.96. The molecule has 81 heavy (non-hydrogen) atoms. The summed E-state index contributed by atoms with van der Waals surface area (Å²) in [5.74, 6) is -1.98. The lowest BCUT2D eigenvalue weighted by atomic mass is 10.1. The predicted molar refractivity (Wildman–Crippen MR) is 292 cm³/mol. The van der Waals surface area contributed by atoms with E-state index in [1.807, 2.05) is 6.07 Å². The number of rotatable bonds is 21. The number of ether oxygens (including phenoxy) is 3. The zero-order valence-corrected chi connectivity index (χ0v) is 47.6. The molecule has 0 saturated heterocycles. The van der Waals surface area contributed by atoms with Crippen LogP contribution in [0.25, 0.3) is 37.7 Å². The molecule has 0 amide bonds. The Morgan fingerprint density at radius 1 is 0.679 bits per heavy atom. The molecule has 3 heterocycles. The van der Waals surface area contributed by atoms with Gasteiger partial charge in [0.2, 0.25) is 11.0 Å². The second kappa shape index (κ2) is 22.9. The summed E-state index contributed by atoms with van der Waals surface area (Å²) in [5.41, 5.74) is -0.713. The van der Waals surface area contributed by atoms with Crippen LogP contribution in [0.2, 0.25) is 0 Å². The van der Waals surface area contributed by atoms with Crippen molar-refractivity contribution in [2.75, 3.05) is 38.1 Å². The van der Waals surface area contributed by atoms with E-state index in [0.29, 0.717) is 10.5 Å². The van der Waals surface area contributed by atoms with Gasteiger partial charge in [-0.15, -0.1) is 37.3 Å². The fourth-order valence-corrected chi connectivity index (χ4v) is 12.8. The molecule has 0 aliphatic rings. The Balaban J connectivity index is 1.20. The van der Waals surface area contributed by atoms with Crippen LogP contribution >= 0.6 is 23.1 Å². The number of benzene rings is 5. The van der Waals surface area contributed by atoms with Crippen molar-refractivity contribution in [3.05, 3.63) is 77.4 Å². The highest BCUT2D eigenvalue weighted by Crippen LogP contribution is 2.46. The van der Waals surface area contributed by atoms with Gasteiger partial charge in [0.05, 0.1) is 53.1 Å². The summed E-state index contributed by atoms with van der Waals surface area (Å²) in [6.45, 7) is 2.68. The number of aryl methyl sites for hydroxylation is 1. The summed E-state index contributed by atoms with van der Waals surface area (Å²) in [6.07, 6.45) is -0.252. The van der Waals surface area contributed by atoms with Gasteiger partial charge in [-0.3, -0.25) is 27.2 Å². The largest absolute Gasteiger partial charge is 0.497 e. The van der Waals surface area contributed by atoms with Crippen molar-refractivity contribution >= 4 is 145 Å². The molecular formula is C45H40N10O19S7. The zero-order chi connectivity index (χ0) is 59.1. The Kier molecular flexibility index (Phi) is 16.8. The molecule has 0 saturated carbocycles. The topological polar surface area (TPSA) is 448 Å². The molecule has 0 atom stereocenters. The lowest BCUT2D eigenvalue weighted by molar-refractivity contribution is 0.317. The van der Waals surface area contributed by atoms with Gasteiger partial charge in [0.25, 0.3) is 50.6 Å². The molecule has 8 rings (SSSR count). The maximum absolute atomic E-state index is 12.5. The minimum absolute atomic E-state index is 0.0170. The molecule has 6 N–H and O–H groups in total. The number of fused-ring (bicyclic) bond motifs is 6. The molecule has 0 fully saturated rings. The van der Waals surface area contributed by atoms with Crippen LogP contribution in [0.1, 0.15) is 29.5 Å². The fourth-order valence-electron chi connectivity index (χ4n) is 7.86. The number of azo groups is 3. The Morgan fingerprint density at radius 2 is 1.31 bits per heavy atom. The van der Waals surface area contributed by atoms with Crippen molar-refractivity contribution in [1.82, 2.24) is 14.4 Å². The lowest BCUT2D eigenvalue weighted by Gasteiger charge is -2.12. The van der Waals surface area contributed by atoms with Gasteiger partial charge >= 0.3 is 0 Å². The number of nitriles is 1. The summed E-state index contributed by atoms with van der Waals surface area (Å²) in [5, 5.41) is 48.0. The maximum Gasteiger partial charge on any atom is 0.296 e.